The highest BCUT2D eigenvalue weighted by molar-refractivity contribution is 5.06. The van der Waals surface area contributed by atoms with Gasteiger partial charge in [0, 0.05) is 31.7 Å². The van der Waals surface area contributed by atoms with Gasteiger partial charge in [-0.2, -0.15) is 0 Å². The first kappa shape index (κ1) is 13.1. The van der Waals surface area contributed by atoms with Gasteiger partial charge in [0.25, 0.3) is 0 Å². The number of aromatic nitrogens is 1. The number of rotatable bonds is 5. The average Bonchev–Trinajstić information content (AvgIpc) is 3.06. The molecule has 2 heterocycles. The Kier molecular flexibility index (Phi) is 3.86. The van der Waals surface area contributed by atoms with Crippen molar-refractivity contribution in [1.29, 1.82) is 0 Å². The number of nitrogens with one attached hydrogen (secondary N) is 1. The molecule has 0 radical (unpaired) electrons. The van der Waals surface area contributed by atoms with Crippen LogP contribution in [0.25, 0.3) is 0 Å². The molecule has 0 bridgehead atoms. The Balaban J connectivity index is 1.51. The zero-order valence-corrected chi connectivity index (χ0v) is 11.8. The highest BCUT2D eigenvalue weighted by Gasteiger charge is 2.24. The molecule has 106 valence electrons. The molecule has 1 aliphatic carbocycles. The molecule has 5 heteroatoms. The fourth-order valence-corrected chi connectivity index (χ4v) is 2.68. The van der Waals surface area contributed by atoms with E-state index in [0.29, 0.717) is 18.2 Å². The van der Waals surface area contributed by atoms with E-state index >= 15 is 0 Å². The van der Waals surface area contributed by atoms with Gasteiger partial charge >= 0.3 is 0 Å². The zero-order valence-electron chi connectivity index (χ0n) is 11.8. The fraction of sp³-hybridized carbons (Fsp3) is 0.786. The van der Waals surface area contributed by atoms with E-state index < -0.39 is 0 Å². The molecule has 1 aliphatic heterocycles. The second kappa shape index (κ2) is 5.61. The molecule has 1 aromatic rings. The van der Waals surface area contributed by atoms with E-state index in [2.05, 4.69) is 35.3 Å². The maximum absolute atomic E-state index is 5.73. The molecule has 1 saturated heterocycles. The Hall–Kier alpha value is -0.910. The first-order valence-electron chi connectivity index (χ1n) is 7.24. The number of morpholine rings is 1. The van der Waals surface area contributed by atoms with Crippen LogP contribution in [0, 0.1) is 0 Å². The van der Waals surface area contributed by atoms with Crippen LogP contribution < -0.4 is 5.32 Å². The Labute approximate surface area is 114 Å². The predicted octanol–water partition coefficient (Wildman–Crippen LogP) is 1.54. The summed E-state index contributed by atoms with van der Waals surface area (Å²) >= 11 is 0. The summed E-state index contributed by atoms with van der Waals surface area (Å²) in [4.78, 5) is 2.37. The van der Waals surface area contributed by atoms with E-state index in [0.717, 1.165) is 37.6 Å². The molecule has 1 N–H and O–H groups in total. The Morgan fingerprint density at radius 3 is 2.74 bits per heavy atom. The van der Waals surface area contributed by atoms with Crippen LogP contribution in [-0.2, 0) is 17.8 Å². The van der Waals surface area contributed by atoms with E-state index in [1.165, 1.54) is 12.8 Å². The van der Waals surface area contributed by atoms with Gasteiger partial charge < -0.3 is 14.6 Å². The van der Waals surface area contributed by atoms with E-state index in [4.69, 9.17) is 9.26 Å². The minimum absolute atomic E-state index is 0.294. The van der Waals surface area contributed by atoms with Gasteiger partial charge in [0.15, 0.2) is 5.76 Å². The van der Waals surface area contributed by atoms with Crippen LogP contribution in [0.2, 0.25) is 0 Å². The SMILES string of the molecule is C[C@@H]1CN(Cc2cc(CNC3CC3)no2)C[C@H](C)O1. The van der Waals surface area contributed by atoms with Gasteiger partial charge in [0.2, 0.25) is 0 Å². The maximum atomic E-state index is 5.73. The largest absolute Gasteiger partial charge is 0.373 e. The van der Waals surface area contributed by atoms with Crippen LogP contribution in [0.1, 0.15) is 38.1 Å². The van der Waals surface area contributed by atoms with Crippen molar-refractivity contribution in [3.05, 3.63) is 17.5 Å². The molecule has 19 heavy (non-hydrogen) atoms. The summed E-state index contributed by atoms with van der Waals surface area (Å²) in [5, 5.41) is 7.57. The summed E-state index contributed by atoms with van der Waals surface area (Å²) in [7, 11) is 0. The van der Waals surface area contributed by atoms with Crippen LogP contribution >= 0.6 is 0 Å². The highest BCUT2D eigenvalue weighted by atomic mass is 16.5. The molecule has 0 amide bonds. The Morgan fingerprint density at radius 2 is 2.05 bits per heavy atom. The van der Waals surface area contributed by atoms with Crippen molar-refractivity contribution in [3.63, 3.8) is 0 Å². The summed E-state index contributed by atoms with van der Waals surface area (Å²) in [5.41, 5.74) is 1.01. The number of hydrogen-bond donors (Lipinski definition) is 1. The molecule has 0 spiro atoms. The van der Waals surface area contributed by atoms with Crippen molar-refractivity contribution in [1.82, 2.24) is 15.4 Å². The van der Waals surface area contributed by atoms with Crippen molar-refractivity contribution in [2.45, 2.75) is 58.0 Å². The van der Waals surface area contributed by atoms with E-state index in [1.807, 2.05) is 0 Å². The molecule has 0 aromatic carbocycles. The normalized spacial score (nSPS) is 28.7. The summed E-state index contributed by atoms with van der Waals surface area (Å²) in [5.74, 6) is 0.953. The number of hydrogen-bond acceptors (Lipinski definition) is 5. The summed E-state index contributed by atoms with van der Waals surface area (Å²) < 4.78 is 11.2. The van der Waals surface area contributed by atoms with Gasteiger partial charge in [-0.3, -0.25) is 4.90 Å². The van der Waals surface area contributed by atoms with Crippen molar-refractivity contribution >= 4 is 0 Å². The van der Waals surface area contributed by atoms with E-state index in [-0.39, 0.29) is 0 Å². The quantitative estimate of drug-likeness (QED) is 0.875. The third-order valence-corrected chi connectivity index (χ3v) is 3.63. The monoisotopic (exact) mass is 265 g/mol. The van der Waals surface area contributed by atoms with Gasteiger partial charge in [0.1, 0.15) is 0 Å². The third kappa shape index (κ3) is 3.78. The topological polar surface area (TPSA) is 50.5 Å². The van der Waals surface area contributed by atoms with Crippen LogP contribution in [0.5, 0.6) is 0 Å². The minimum Gasteiger partial charge on any atom is -0.373 e. The van der Waals surface area contributed by atoms with Gasteiger partial charge in [0.05, 0.1) is 24.4 Å². The summed E-state index contributed by atoms with van der Waals surface area (Å²) in [6.45, 7) is 7.81. The van der Waals surface area contributed by atoms with Crippen LogP contribution in [0.3, 0.4) is 0 Å². The molecule has 2 aliphatic rings. The lowest BCUT2D eigenvalue weighted by Crippen LogP contribution is -2.44. The highest BCUT2D eigenvalue weighted by Crippen LogP contribution is 2.19. The number of nitrogens with zero attached hydrogens (tertiary/aromatic N) is 2. The summed E-state index contributed by atoms with van der Waals surface area (Å²) in [6, 6.07) is 2.78. The third-order valence-electron chi connectivity index (χ3n) is 3.63. The molecule has 2 atom stereocenters. The molecule has 0 unspecified atom stereocenters. The van der Waals surface area contributed by atoms with Crippen LogP contribution in [0.15, 0.2) is 10.6 Å². The molecular formula is C14H23N3O2. The Bertz CT molecular complexity index is 407. The lowest BCUT2D eigenvalue weighted by Gasteiger charge is -2.34. The number of ether oxygens (including phenoxy) is 1. The molecular weight excluding hydrogens is 242 g/mol. The van der Waals surface area contributed by atoms with Crippen molar-refractivity contribution in [2.75, 3.05) is 13.1 Å². The lowest BCUT2D eigenvalue weighted by atomic mass is 10.2. The standard InChI is InChI=1S/C14H23N3O2/c1-10-7-17(8-11(2)18-10)9-14-5-13(16-19-14)6-15-12-3-4-12/h5,10-12,15H,3-4,6-9H2,1-2H3/t10-,11+. The minimum atomic E-state index is 0.294. The molecule has 5 nitrogen and oxygen atoms in total. The zero-order chi connectivity index (χ0) is 13.2. The second-order valence-electron chi connectivity index (χ2n) is 5.89. The first-order chi connectivity index (χ1) is 9.19. The summed E-state index contributed by atoms with van der Waals surface area (Å²) in [6.07, 6.45) is 3.19. The van der Waals surface area contributed by atoms with Crippen molar-refractivity contribution in [2.24, 2.45) is 0 Å². The average molecular weight is 265 g/mol. The van der Waals surface area contributed by atoms with E-state index in [9.17, 15) is 0 Å². The molecule has 1 aromatic heterocycles. The van der Waals surface area contributed by atoms with E-state index in [1.54, 1.807) is 0 Å². The first-order valence-corrected chi connectivity index (χ1v) is 7.24. The smallest absolute Gasteiger partial charge is 0.151 e. The molecule has 2 fully saturated rings. The fourth-order valence-electron chi connectivity index (χ4n) is 2.68. The van der Waals surface area contributed by atoms with Crippen LogP contribution in [-0.4, -0.2) is 41.4 Å². The van der Waals surface area contributed by atoms with Crippen molar-refractivity contribution < 1.29 is 9.26 Å². The molecule has 3 rings (SSSR count). The van der Waals surface area contributed by atoms with Gasteiger partial charge in [-0.15, -0.1) is 0 Å². The van der Waals surface area contributed by atoms with Gasteiger partial charge in [-0.05, 0) is 26.7 Å². The Morgan fingerprint density at radius 1 is 1.32 bits per heavy atom. The van der Waals surface area contributed by atoms with Crippen molar-refractivity contribution in [3.8, 4) is 0 Å². The predicted molar refractivity (Wildman–Crippen MR) is 71.7 cm³/mol. The van der Waals surface area contributed by atoms with Gasteiger partial charge in [-0.25, -0.2) is 0 Å². The second-order valence-corrected chi connectivity index (χ2v) is 5.89. The lowest BCUT2D eigenvalue weighted by molar-refractivity contribution is -0.0721. The molecule has 1 saturated carbocycles. The maximum Gasteiger partial charge on any atom is 0.151 e. The van der Waals surface area contributed by atoms with Crippen LogP contribution in [0.4, 0.5) is 0 Å². The van der Waals surface area contributed by atoms with Gasteiger partial charge in [-0.1, -0.05) is 5.16 Å².